The number of esters is 1. The molecule has 150 valence electrons. The number of nitrogens with one attached hydrogen (secondary N) is 1. The number of nitrogens with zero attached hydrogens (tertiary/aromatic N) is 2. The summed E-state index contributed by atoms with van der Waals surface area (Å²) in [5, 5.41) is 0. The van der Waals surface area contributed by atoms with Crippen molar-refractivity contribution in [2.75, 3.05) is 20.3 Å². The van der Waals surface area contributed by atoms with E-state index in [4.69, 9.17) is 14.2 Å². The molecule has 2 aromatic heterocycles. The predicted molar refractivity (Wildman–Crippen MR) is 102 cm³/mol. The maximum Gasteiger partial charge on any atom is 0.316 e. The number of imidazole rings is 1. The third-order valence-corrected chi connectivity index (χ3v) is 4.82. The van der Waals surface area contributed by atoms with Gasteiger partial charge < -0.3 is 19.2 Å². The first kappa shape index (κ1) is 19.2. The minimum atomic E-state index is -0.869. The van der Waals surface area contributed by atoms with Crippen molar-refractivity contribution < 1.29 is 23.4 Å². The maximum atomic E-state index is 13.4. The monoisotopic (exact) mass is 397 g/mol. The van der Waals surface area contributed by atoms with Crippen LogP contribution in [0.5, 0.6) is 0 Å². The molecule has 0 aliphatic carbocycles. The number of ether oxygens (including phenoxy) is 3. The SMILES string of the molecule is COC(=O)C1(C)COC(c2nc(-c3ccncc3)c(-c3ccc(F)cc3)[nH]2)OC1. The van der Waals surface area contributed by atoms with Crippen LogP contribution in [0.25, 0.3) is 22.5 Å². The highest BCUT2D eigenvalue weighted by molar-refractivity contribution is 5.78. The highest BCUT2D eigenvalue weighted by atomic mass is 19.1. The standard InChI is InChI=1S/C21H20FN3O4/c1-21(20(26)27-2)11-28-19(29-12-21)18-24-16(13-3-5-15(22)6-4-13)17(25-18)14-7-9-23-10-8-14/h3-10,19H,11-12H2,1-2H3,(H,24,25). The van der Waals surface area contributed by atoms with Crippen LogP contribution in [-0.4, -0.2) is 41.2 Å². The summed E-state index contributed by atoms with van der Waals surface area (Å²) in [6, 6.07) is 9.80. The number of carbonyl (C=O) groups is 1. The zero-order chi connectivity index (χ0) is 20.4. The Balaban J connectivity index is 1.67. The lowest BCUT2D eigenvalue weighted by molar-refractivity contribution is -0.237. The summed E-state index contributed by atoms with van der Waals surface area (Å²) in [6.07, 6.45) is 2.59. The topological polar surface area (TPSA) is 86.3 Å². The van der Waals surface area contributed by atoms with E-state index in [0.29, 0.717) is 17.2 Å². The van der Waals surface area contributed by atoms with Crippen molar-refractivity contribution in [1.29, 1.82) is 0 Å². The van der Waals surface area contributed by atoms with Gasteiger partial charge in [0.05, 0.1) is 31.7 Å². The zero-order valence-electron chi connectivity index (χ0n) is 16.0. The number of hydrogen-bond donors (Lipinski definition) is 1. The summed E-state index contributed by atoms with van der Waals surface area (Å²) in [4.78, 5) is 23.9. The van der Waals surface area contributed by atoms with Crippen LogP contribution in [0.4, 0.5) is 4.39 Å². The van der Waals surface area contributed by atoms with Crippen LogP contribution >= 0.6 is 0 Å². The molecule has 3 heterocycles. The Hall–Kier alpha value is -3.10. The van der Waals surface area contributed by atoms with E-state index in [1.165, 1.54) is 19.2 Å². The average molecular weight is 397 g/mol. The molecule has 0 bridgehead atoms. The molecule has 0 radical (unpaired) electrons. The molecule has 29 heavy (non-hydrogen) atoms. The number of hydrogen-bond acceptors (Lipinski definition) is 6. The maximum absolute atomic E-state index is 13.4. The average Bonchev–Trinajstić information content (AvgIpc) is 3.20. The predicted octanol–water partition coefficient (Wildman–Crippen LogP) is 3.50. The Kier molecular flexibility index (Phi) is 5.12. The first-order valence-corrected chi connectivity index (χ1v) is 9.08. The minimum Gasteiger partial charge on any atom is -0.468 e. The van der Waals surface area contributed by atoms with Crippen LogP contribution in [0, 0.1) is 11.2 Å². The molecule has 0 atom stereocenters. The molecule has 0 spiro atoms. The summed E-state index contributed by atoms with van der Waals surface area (Å²) < 4.78 is 29.7. The second-order valence-corrected chi connectivity index (χ2v) is 7.09. The Bertz CT molecular complexity index is 997. The smallest absolute Gasteiger partial charge is 0.316 e. The lowest BCUT2D eigenvalue weighted by atomic mass is 9.92. The summed E-state index contributed by atoms with van der Waals surface area (Å²) in [5.41, 5.74) is 2.12. The lowest BCUT2D eigenvalue weighted by Gasteiger charge is -2.34. The largest absolute Gasteiger partial charge is 0.468 e. The Morgan fingerprint density at radius 2 is 1.79 bits per heavy atom. The number of aromatic nitrogens is 3. The molecule has 7 nitrogen and oxygen atoms in total. The third-order valence-electron chi connectivity index (χ3n) is 4.82. The van der Waals surface area contributed by atoms with Crippen LogP contribution in [0.2, 0.25) is 0 Å². The fourth-order valence-corrected chi connectivity index (χ4v) is 3.18. The minimum absolute atomic E-state index is 0.140. The van der Waals surface area contributed by atoms with Crippen LogP contribution in [0.1, 0.15) is 19.0 Å². The van der Waals surface area contributed by atoms with Gasteiger partial charge in [0, 0.05) is 23.5 Å². The van der Waals surface area contributed by atoms with E-state index in [1.54, 1.807) is 31.5 Å². The van der Waals surface area contributed by atoms with Crippen LogP contribution in [-0.2, 0) is 19.0 Å². The zero-order valence-corrected chi connectivity index (χ0v) is 16.0. The van der Waals surface area contributed by atoms with E-state index < -0.39 is 11.7 Å². The molecule has 1 fully saturated rings. The van der Waals surface area contributed by atoms with Gasteiger partial charge in [-0.3, -0.25) is 9.78 Å². The van der Waals surface area contributed by atoms with Gasteiger partial charge in [-0.05, 0) is 43.3 Å². The molecule has 1 saturated heterocycles. The molecule has 1 aromatic carbocycles. The highest BCUT2D eigenvalue weighted by Gasteiger charge is 2.41. The molecule has 1 aliphatic rings. The normalized spacial score (nSPS) is 21.7. The van der Waals surface area contributed by atoms with Crippen molar-refractivity contribution in [3.63, 3.8) is 0 Å². The van der Waals surface area contributed by atoms with E-state index in [-0.39, 0.29) is 25.0 Å². The molecular weight excluding hydrogens is 377 g/mol. The Labute approximate surface area is 166 Å². The van der Waals surface area contributed by atoms with E-state index in [1.807, 2.05) is 12.1 Å². The van der Waals surface area contributed by atoms with Crippen molar-refractivity contribution >= 4 is 5.97 Å². The van der Waals surface area contributed by atoms with Gasteiger partial charge in [-0.15, -0.1) is 0 Å². The number of methoxy groups -OCH3 is 1. The second kappa shape index (κ2) is 7.73. The van der Waals surface area contributed by atoms with Crippen LogP contribution in [0.3, 0.4) is 0 Å². The fourth-order valence-electron chi connectivity index (χ4n) is 3.18. The first-order valence-electron chi connectivity index (χ1n) is 9.08. The summed E-state index contributed by atoms with van der Waals surface area (Å²) in [6.45, 7) is 2.01. The number of carbonyl (C=O) groups excluding carboxylic acids is 1. The van der Waals surface area contributed by atoms with Gasteiger partial charge in [0.15, 0.2) is 5.82 Å². The summed E-state index contributed by atoms with van der Waals surface area (Å²) >= 11 is 0. The summed E-state index contributed by atoms with van der Waals surface area (Å²) in [5.74, 6) is -0.247. The number of H-pyrrole nitrogens is 1. The van der Waals surface area contributed by atoms with Gasteiger partial charge in [0.25, 0.3) is 0 Å². The molecule has 0 saturated carbocycles. The van der Waals surface area contributed by atoms with Crippen molar-refractivity contribution in [1.82, 2.24) is 15.0 Å². The van der Waals surface area contributed by atoms with Gasteiger partial charge in [0.1, 0.15) is 11.2 Å². The Morgan fingerprint density at radius 1 is 1.14 bits per heavy atom. The number of aromatic amines is 1. The molecule has 3 aromatic rings. The molecule has 0 amide bonds. The van der Waals surface area contributed by atoms with Crippen molar-refractivity contribution in [3.05, 3.63) is 60.4 Å². The fraction of sp³-hybridized carbons (Fsp3) is 0.286. The van der Waals surface area contributed by atoms with Crippen molar-refractivity contribution in [2.24, 2.45) is 5.41 Å². The number of rotatable bonds is 4. The van der Waals surface area contributed by atoms with Gasteiger partial charge in [0.2, 0.25) is 6.29 Å². The lowest BCUT2D eigenvalue weighted by Crippen LogP contribution is -2.43. The van der Waals surface area contributed by atoms with Crippen molar-refractivity contribution in [2.45, 2.75) is 13.2 Å². The van der Waals surface area contributed by atoms with E-state index in [2.05, 4.69) is 15.0 Å². The van der Waals surface area contributed by atoms with Gasteiger partial charge in [-0.2, -0.15) is 0 Å². The quantitative estimate of drug-likeness (QED) is 0.678. The van der Waals surface area contributed by atoms with Crippen LogP contribution in [0.15, 0.2) is 48.8 Å². The van der Waals surface area contributed by atoms with Gasteiger partial charge in [-0.1, -0.05) is 0 Å². The summed E-state index contributed by atoms with van der Waals surface area (Å²) in [7, 11) is 1.34. The van der Waals surface area contributed by atoms with Crippen LogP contribution < -0.4 is 0 Å². The van der Waals surface area contributed by atoms with Gasteiger partial charge >= 0.3 is 5.97 Å². The van der Waals surface area contributed by atoms with Crippen molar-refractivity contribution in [3.8, 4) is 22.5 Å². The molecule has 0 unspecified atom stereocenters. The first-order chi connectivity index (χ1) is 14.0. The molecule has 4 rings (SSSR count). The molecule has 1 aliphatic heterocycles. The number of halogens is 1. The number of benzene rings is 1. The molecule has 1 N–H and O–H groups in total. The third kappa shape index (κ3) is 3.76. The van der Waals surface area contributed by atoms with E-state index >= 15 is 0 Å². The van der Waals surface area contributed by atoms with Gasteiger partial charge in [-0.25, -0.2) is 9.37 Å². The molecule has 8 heteroatoms. The van der Waals surface area contributed by atoms with E-state index in [0.717, 1.165) is 11.1 Å². The molecular formula is C21H20FN3O4. The second-order valence-electron chi connectivity index (χ2n) is 7.09. The van der Waals surface area contributed by atoms with E-state index in [9.17, 15) is 9.18 Å². The Morgan fingerprint density at radius 3 is 2.41 bits per heavy atom. The number of pyridine rings is 1. The highest BCUT2D eigenvalue weighted by Crippen LogP contribution is 2.36.